The van der Waals surface area contributed by atoms with Gasteiger partial charge in [0.15, 0.2) is 11.6 Å². The summed E-state index contributed by atoms with van der Waals surface area (Å²) in [5.74, 6) is 1.78. The number of benzene rings is 8. The van der Waals surface area contributed by atoms with Crippen LogP contribution in [0.5, 0.6) is 0 Å². The Labute approximate surface area is 376 Å². The number of rotatable bonds is 5. The molecule has 6 nitrogen and oxygen atoms in total. The van der Waals surface area contributed by atoms with Crippen LogP contribution in [0.2, 0.25) is 0 Å². The van der Waals surface area contributed by atoms with Gasteiger partial charge in [0.25, 0.3) is 0 Å². The summed E-state index contributed by atoms with van der Waals surface area (Å²) in [4.78, 5) is 16.0. The molecule has 0 unspecified atom stereocenters. The van der Waals surface area contributed by atoms with E-state index in [9.17, 15) is 0 Å². The van der Waals surface area contributed by atoms with Crippen molar-refractivity contribution in [3.05, 3.63) is 187 Å². The van der Waals surface area contributed by atoms with Crippen molar-refractivity contribution in [2.24, 2.45) is 0 Å². The first-order valence-corrected chi connectivity index (χ1v) is 22.7. The number of hydrogen-bond acceptors (Lipinski definition) is 4. The Morgan fingerprint density at radius 3 is 1.78 bits per heavy atom. The van der Waals surface area contributed by atoms with Gasteiger partial charge < -0.3 is 8.98 Å². The average Bonchev–Trinajstić information content (AvgIpc) is 4.01. The molecule has 0 fully saturated rings. The van der Waals surface area contributed by atoms with E-state index >= 15 is 0 Å². The predicted octanol–water partition coefficient (Wildman–Crippen LogP) is 15.3. The minimum absolute atomic E-state index is 0.0490. The maximum Gasteiger partial charge on any atom is 0.238 e. The molecule has 0 saturated heterocycles. The molecule has 0 spiro atoms. The molecule has 1 aliphatic carbocycles. The highest BCUT2D eigenvalue weighted by Gasteiger charge is 2.38. The highest BCUT2D eigenvalue weighted by atomic mass is 16.3. The highest BCUT2D eigenvalue weighted by molar-refractivity contribution is 6.29. The minimum atomic E-state index is 0.0490. The van der Waals surface area contributed by atoms with E-state index in [-0.39, 0.29) is 10.8 Å². The molecule has 0 N–H and O–H groups in total. The fraction of sp³-hybridized carbons (Fsp3) is 0.136. The molecule has 312 valence electrons. The Hall–Kier alpha value is -7.83. The molecule has 12 aromatic rings. The third-order valence-corrected chi connectivity index (χ3v) is 14.2. The van der Waals surface area contributed by atoms with Crippen LogP contribution in [0.25, 0.3) is 111 Å². The second-order valence-corrected chi connectivity index (χ2v) is 19.1. The zero-order chi connectivity index (χ0) is 43.6. The smallest absolute Gasteiger partial charge is 0.238 e. The van der Waals surface area contributed by atoms with E-state index in [2.05, 4.69) is 176 Å². The number of nitrogens with zero attached hydrogens (tertiary/aromatic N) is 5. The molecule has 13 rings (SSSR count). The first-order valence-electron chi connectivity index (χ1n) is 22.7. The Morgan fingerprint density at radius 1 is 0.415 bits per heavy atom. The molecule has 4 aromatic heterocycles. The van der Waals surface area contributed by atoms with Gasteiger partial charge in [-0.15, -0.1) is 0 Å². The lowest BCUT2D eigenvalue weighted by Crippen LogP contribution is -2.33. The third kappa shape index (κ3) is 5.69. The molecule has 0 amide bonds. The zero-order valence-corrected chi connectivity index (χ0v) is 36.8. The van der Waals surface area contributed by atoms with E-state index in [1.165, 1.54) is 38.3 Å². The summed E-state index contributed by atoms with van der Waals surface area (Å²) in [6.07, 6.45) is 2.30. The average molecular weight is 840 g/mol. The van der Waals surface area contributed by atoms with Crippen molar-refractivity contribution >= 4 is 65.6 Å². The molecule has 1 aliphatic rings. The van der Waals surface area contributed by atoms with Crippen molar-refractivity contribution in [2.75, 3.05) is 0 Å². The minimum Gasteiger partial charge on any atom is -0.456 e. The van der Waals surface area contributed by atoms with Crippen LogP contribution in [0.1, 0.15) is 51.7 Å². The second-order valence-electron chi connectivity index (χ2n) is 19.1. The third-order valence-electron chi connectivity index (χ3n) is 14.2. The van der Waals surface area contributed by atoms with Crippen LogP contribution in [0.3, 0.4) is 0 Å². The lowest BCUT2D eigenvalue weighted by molar-refractivity contribution is 0.332. The van der Waals surface area contributed by atoms with E-state index in [1.807, 2.05) is 36.4 Å². The van der Waals surface area contributed by atoms with E-state index < -0.39 is 0 Å². The fourth-order valence-corrected chi connectivity index (χ4v) is 10.8. The summed E-state index contributed by atoms with van der Waals surface area (Å²) in [5, 5.41) is 7.04. The quantitative estimate of drug-likeness (QED) is 0.173. The first-order chi connectivity index (χ1) is 31.7. The van der Waals surface area contributed by atoms with Gasteiger partial charge in [-0.05, 0) is 107 Å². The molecule has 0 radical (unpaired) electrons. The molecular weight excluding hydrogens is 795 g/mol. The van der Waals surface area contributed by atoms with Crippen LogP contribution >= 0.6 is 0 Å². The number of para-hydroxylation sites is 3. The van der Waals surface area contributed by atoms with Crippen LogP contribution in [0, 0.1) is 0 Å². The largest absolute Gasteiger partial charge is 0.456 e. The van der Waals surface area contributed by atoms with Gasteiger partial charge in [0.05, 0.1) is 22.1 Å². The van der Waals surface area contributed by atoms with Crippen molar-refractivity contribution in [1.29, 1.82) is 0 Å². The Balaban J connectivity index is 1.09. The van der Waals surface area contributed by atoms with Gasteiger partial charge >= 0.3 is 0 Å². The van der Waals surface area contributed by atoms with Crippen molar-refractivity contribution < 1.29 is 4.42 Å². The molecular formula is C59H45N5O. The number of aromatic nitrogens is 5. The van der Waals surface area contributed by atoms with E-state index in [0.717, 1.165) is 79.1 Å². The molecule has 8 aromatic carbocycles. The SMILES string of the molecule is CC1(C)CCC(C)(C)c2cc3c(cc21)c1c2c4ccccc4n(-c4nc(-c5ccccc5)nc(-c5cccc(-c6cccc7oc8ccccc8c67)c5)n4)c2ccc1n3-c1ccccc1. The fourth-order valence-electron chi connectivity index (χ4n) is 10.8. The number of hydrogen-bond donors (Lipinski definition) is 0. The maximum atomic E-state index is 6.30. The van der Waals surface area contributed by atoms with Gasteiger partial charge in [-0.2, -0.15) is 9.97 Å². The standard InChI is InChI=1S/C59H45N5O/c1-58(2)31-32-59(3,4)45-35-49-43(34-44(45)58)54-47(63(49)39-21-9-6-10-22-39)29-30-48-53(54)41-23-11-13-26-46(41)64(48)57-61-55(36-17-7-5-8-18-36)60-56(62-57)38-20-15-19-37(33-38)40-25-16-28-51-52(40)42-24-12-14-27-50(42)65-51/h5-30,33-35H,31-32H2,1-4H3. The summed E-state index contributed by atoms with van der Waals surface area (Å²) in [6.45, 7) is 9.67. The monoisotopic (exact) mass is 839 g/mol. The lowest BCUT2D eigenvalue weighted by Gasteiger charge is -2.42. The second kappa shape index (κ2) is 13.8. The zero-order valence-electron chi connectivity index (χ0n) is 36.8. The number of furan rings is 1. The Bertz CT molecular complexity index is 3890. The van der Waals surface area contributed by atoms with Crippen molar-refractivity contribution in [2.45, 2.75) is 51.4 Å². The van der Waals surface area contributed by atoms with Crippen LogP contribution in [0.15, 0.2) is 180 Å². The van der Waals surface area contributed by atoms with Gasteiger partial charge in [0.2, 0.25) is 5.95 Å². The molecule has 65 heavy (non-hydrogen) atoms. The Morgan fingerprint density at radius 2 is 1.00 bits per heavy atom. The summed E-state index contributed by atoms with van der Waals surface area (Å²) in [6, 6.07) is 62.5. The summed E-state index contributed by atoms with van der Waals surface area (Å²) in [5.41, 5.74) is 14.4. The van der Waals surface area contributed by atoms with Crippen molar-refractivity contribution in [3.8, 4) is 45.5 Å². The lowest BCUT2D eigenvalue weighted by atomic mass is 9.63. The molecule has 0 saturated carbocycles. The van der Waals surface area contributed by atoms with Crippen LogP contribution in [-0.4, -0.2) is 24.1 Å². The molecule has 4 heterocycles. The number of fused-ring (bicyclic) bond motifs is 11. The van der Waals surface area contributed by atoms with Crippen molar-refractivity contribution in [3.63, 3.8) is 0 Å². The van der Waals surface area contributed by atoms with Crippen LogP contribution in [0.4, 0.5) is 0 Å². The molecule has 0 atom stereocenters. The van der Waals surface area contributed by atoms with Gasteiger partial charge in [-0.3, -0.25) is 4.57 Å². The van der Waals surface area contributed by atoms with Gasteiger partial charge in [-0.25, -0.2) is 4.98 Å². The normalized spacial score (nSPS) is 14.6. The molecule has 0 bridgehead atoms. The predicted molar refractivity (Wildman–Crippen MR) is 267 cm³/mol. The van der Waals surface area contributed by atoms with Gasteiger partial charge in [0.1, 0.15) is 11.2 Å². The van der Waals surface area contributed by atoms with E-state index in [0.29, 0.717) is 17.6 Å². The summed E-state index contributed by atoms with van der Waals surface area (Å²) in [7, 11) is 0. The van der Waals surface area contributed by atoms with Gasteiger partial charge in [0, 0.05) is 49.1 Å². The van der Waals surface area contributed by atoms with E-state index in [1.54, 1.807) is 0 Å². The first kappa shape index (κ1) is 37.7. The molecule has 6 heteroatoms. The molecule has 0 aliphatic heterocycles. The van der Waals surface area contributed by atoms with Crippen LogP contribution < -0.4 is 0 Å². The van der Waals surface area contributed by atoms with Gasteiger partial charge in [-0.1, -0.05) is 143 Å². The van der Waals surface area contributed by atoms with E-state index in [4.69, 9.17) is 19.4 Å². The summed E-state index contributed by atoms with van der Waals surface area (Å²) < 4.78 is 11.0. The highest BCUT2D eigenvalue weighted by Crippen LogP contribution is 2.50. The topological polar surface area (TPSA) is 61.7 Å². The van der Waals surface area contributed by atoms with Crippen molar-refractivity contribution in [1.82, 2.24) is 24.1 Å². The Kier molecular flexibility index (Phi) is 8.02. The maximum absolute atomic E-state index is 6.30. The summed E-state index contributed by atoms with van der Waals surface area (Å²) >= 11 is 0. The van der Waals surface area contributed by atoms with Crippen LogP contribution in [-0.2, 0) is 10.8 Å².